The van der Waals surface area contributed by atoms with Gasteiger partial charge in [0.2, 0.25) is 5.88 Å². The number of carbonyl (C=O) groups is 1. The normalized spacial score (nSPS) is 26.4. The van der Waals surface area contributed by atoms with Crippen LogP contribution in [-0.4, -0.2) is 17.6 Å². The molecule has 0 bridgehead atoms. The number of aromatic nitrogens is 1. The van der Waals surface area contributed by atoms with Gasteiger partial charge in [0.1, 0.15) is 5.75 Å². The predicted octanol–water partition coefficient (Wildman–Crippen LogP) is 7.36. The van der Waals surface area contributed by atoms with Gasteiger partial charge in [-0.25, -0.2) is 4.98 Å². The van der Waals surface area contributed by atoms with Crippen molar-refractivity contribution in [1.82, 2.24) is 4.98 Å². The van der Waals surface area contributed by atoms with Crippen LogP contribution in [0, 0.1) is 23.7 Å². The second-order valence-corrected chi connectivity index (χ2v) is 9.90. The number of pyridine rings is 1. The Morgan fingerprint density at radius 2 is 1.55 bits per heavy atom. The lowest BCUT2D eigenvalue weighted by Crippen LogP contribution is -2.26. The zero-order valence-electron chi connectivity index (χ0n) is 19.8. The molecular weight excluding hydrogens is 386 g/mol. The van der Waals surface area contributed by atoms with Gasteiger partial charge in [0, 0.05) is 6.07 Å². The minimum absolute atomic E-state index is 0.0428. The molecule has 0 spiro atoms. The highest BCUT2D eigenvalue weighted by molar-refractivity contribution is 5.75. The molecule has 0 aromatic carbocycles. The first-order chi connectivity index (χ1) is 15.2. The molecule has 31 heavy (non-hydrogen) atoms. The lowest BCUT2D eigenvalue weighted by atomic mass is 9.75. The van der Waals surface area contributed by atoms with E-state index in [9.17, 15) is 4.79 Å². The molecule has 2 aliphatic carbocycles. The van der Waals surface area contributed by atoms with Crippen LogP contribution in [-0.2, 0) is 4.79 Å². The maximum absolute atomic E-state index is 12.6. The number of nitrogens with zero attached hydrogens (tertiary/aromatic N) is 1. The zero-order chi connectivity index (χ0) is 21.9. The molecule has 2 aliphatic rings. The fraction of sp³-hybridized carbons (Fsp3) is 0.778. The maximum atomic E-state index is 12.6. The maximum Gasteiger partial charge on any atom is 0.314 e. The quantitative estimate of drug-likeness (QED) is 0.272. The second kappa shape index (κ2) is 13.1. The average molecular weight is 430 g/mol. The molecule has 0 aliphatic heterocycles. The van der Waals surface area contributed by atoms with Crippen molar-refractivity contribution in [3.05, 3.63) is 18.3 Å². The number of carbonyl (C=O) groups excluding carboxylic acids is 1. The van der Waals surface area contributed by atoms with Crippen molar-refractivity contribution in [3.63, 3.8) is 0 Å². The fourth-order valence-corrected chi connectivity index (χ4v) is 5.33. The van der Waals surface area contributed by atoms with E-state index in [1.165, 1.54) is 64.2 Å². The van der Waals surface area contributed by atoms with E-state index in [2.05, 4.69) is 18.8 Å². The molecule has 0 saturated heterocycles. The van der Waals surface area contributed by atoms with Crippen LogP contribution in [0.3, 0.4) is 0 Å². The Morgan fingerprint density at radius 1 is 0.903 bits per heavy atom. The Hall–Kier alpha value is -1.58. The third-order valence-corrected chi connectivity index (χ3v) is 7.63. The molecule has 2 saturated carbocycles. The van der Waals surface area contributed by atoms with Crippen LogP contribution in [0.2, 0.25) is 0 Å². The highest BCUT2D eigenvalue weighted by Gasteiger charge is 2.28. The highest BCUT2D eigenvalue weighted by atomic mass is 16.5. The lowest BCUT2D eigenvalue weighted by Gasteiger charge is -2.31. The van der Waals surface area contributed by atoms with Gasteiger partial charge in [-0.15, -0.1) is 0 Å². The van der Waals surface area contributed by atoms with E-state index in [1.807, 2.05) is 0 Å². The third kappa shape index (κ3) is 8.12. The minimum Gasteiger partial charge on any atom is -0.478 e. The second-order valence-electron chi connectivity index (χ2n) is 9.90. The summed E-state index contributed by atoms with van der Waals surface area (Å²) < 4.78 is 11.2. The molecule has 3 rings (SSSR count). The molecule has 0 amide bonds. The summed E-state index contributed by atoms with van der Waals surface area (Å²) in [5, 5.41) is 0. The van der Waals surface area contributed by atoms with Crippen molar-refractivity contribution in [3.8, 4) is 11.6 Å². The van der Waals surface area contributed by atoms with Crippen LogP contribution in [0.4, 0.5) is 0 Å². The van der Waals surface area contributed by atoms with Crippen LogP contribution in [0.1, 0.15) is 104 Å². The molecule has 0 unspecified atom stereocenters. The number of esters is 1. The van der Waals surface area contributed by atoms with Gasteiger partial charge in [-0.05, 0) is 55.9 Å². The van der Waals surface area contributed by atoms with Gasteiger partial charge in [-0.2, -0.15) is 0 Å². The molecular formula is C27H43NO3. The van der Waals surface area contributed by atoms with E-state index in [4.69, 9.17) is 9.47 Å². The van der Waals surface area contributed by atoms with Crippen molar-refractivity contribution >= 4 is 5.97 Å². The Morgan fingerprint density at radius 3 is 2.13 bits per heavy atom. The molecule has 1 aromatic heterocycles. The zero-order valence-corrected chi connectivity index (χ0v) is 19.8. The summed E-state index contributed by atoms with van der Waals surface area (Å²) in [5.74, 6) is 3.82. The molecule has 174 valence electrons. The Labute approximate surface area is 189 Å². The summed E-state index contributed by atoms with van der Waals surface area (Å²) in [6.07, 6.45) is 19.2. The average Bonchev–Trinajstić information content (AvgIpc) is 2.82. The van der Waals surface area contributed by atoms with Gasteiger partial charge in [0.25, 0.3) is 0 Å². The van der Waals surface area contributed by atoms with Gasteiger partial charge in [0.15, 0.2) is 0 Å². The van der Waals surface area contributed by atoms with E-state index in [-0.39, 0.29) is 11.9 Å². The summed E-state index contributed by atoms with van der Waals surface area (Å²) in [5.41, 5.74) is 0. The highest BCUT2D eigenvalue weighted by Crippen LogP contribution is 2.37. The monoisotopic (exact) mass is 429 g/mol. The number of rotatable bonds is 11. The van der Waals surface area contributed by atoms with Gasteiger partial charge >= 0.3 is 5.97 Å². The number of hydrogen-bond donors (Lipinski definition) is 0. The summed E-state index contributed by atoms with van der Waals surface area (Å²) in [6, 6.07) is 3.58. The molecule has 2 fully saturated rings. The largest absolute Gasteiger partial charge is 0.478 e. The van der Waals surface area contributed by atoms with Crippen molar-refractivity contribution in [1.29, 1.82) is 0 Å². The number of unbranched alkanes of at least 4 members (excludes halogenated alkanes) is 2. The Bertz CT molecular complexity index is 628. The SMILES string of the molecule is CCCCCOc1ccc(OC(=O)C2CCC(CCC3CCC(CC)CC3)CC2)cn1. The molecule has 0 atom stereocenters. The van der Waals surface area contributed by atoms with Crippen molar-refractivity contribution in [2.75, 3.05) is 6.61 Å². The smallest absolute Gasteiger partial charge is 0.314 e. The Balaban J connectivity index is 1.32. The van der Waals surface area contributed by atoms with Gasteiger partial charge < -0.3 is 9.47 Å². The van der Waals surface area contributed by atoms with E-state index in [0.717, 1.165) is 43.4 Å². The van der Waals surface area contributed by atoms with Gasteiger partial charge in [-0.1, -0.05) is 71.6 Å². The summed E-state index contributed by atoms with van der Waals surface area (Å²) in [4.78, 5) is 16.9. The topological polar surface area (TPSA) is 48.4 Å². The molecule has 1 heterocycles. The van der Waals surface area contributed by atoms with Crippen LogP contribution >= 0.6 is 0 Å². The minimum atomic E-state index is -0.0882. The molecule has 4 nitrogen and oxygen atoms in total. The summed E-state index contributed by atoms with van der Waals surface area (Å²) >= 11 is 0. The lowest BCUT2D eigenvalue weighted by molar-refractivity contribution is -0.140. The first-order valence-electron chi connectivity index (χ1n) is 13.0. The molecule has 1 aromatic rings. The van der Waals surface area contributed by atoms with E-state index in [0.29, 0.717) is 18.2 Å². The third-order valence-electron chi connectivity index (χ3n) is 7.63. The molecule has 0 radical (unpaired) electrons. The van der Waals surface area contributed by atoms with Crippen LogP contribution < -0.4 is 9.47 Å². The standard InChI is InChI=1S/C27H43NO3/c1-3-5-6-19-30-26-18-17-25(20-28-26)31-27(29)24-15-13-23(14-16-24)12-11-22-9-7-21(4-2)8-10-22/h17-18,20-24H,3-16,19H2,1-2H3. The van der Waals surface area contributed by atoms with Crippen molar-refractivity contribution in [2.24, 2.45) is 23.7 Å². The fourth-order valence-electron chi connectivity index (χ4n) is 5.33. The van der Waals surface area contributed by atoms with Gasteiger partial charge in [0.05, 0.1) is 18.7 Å². The van der Waals surface area contributed by atoms with Crippen LogP contribution in [0.15, 0.2) is 18.3 Å². The Kier molecular flexibility index (Phi) is 10.2. The van der Waals surface area contributed by atoms with Crippen LogP contribution in [0.5, 0.6) is 11.6 Å². The summed E-state index contributed by atoms with van der Waals surface area (Å²) in [7, 11) is 0. The first-order valence-corrected chi connectivity index (χ1v) is 13.0. The van der Waals surface area contributed by atoms with E-state index in [1.54, 1.807) is 18.3 Å². The number of hydrogen-bond acceptors (Lipinski definition) is 4. The predicted molar refractivity (Wildman–Crippen MR) is 125 cm³/mol. The van der Waals surface area contributed by atoms with Crippen LogP contribution in [0.25, 0.3) is 0 Å². The van der Waals surface area contributed by atoms with E-state index < -0.39 is 0 Å². The van der Waals surface area contributed by atoms with Crippen molar-refractivity contribution in [2.45, 2.75) is 104 Å². The summed E-state index contributed by atoms with van der Waals surface area (Å²) in [6.45, 7) is 5.19. The molecule has 4 heteroatoms. The van der Waals surface area contributed by atoms with Gasteiger partial charge in [-0.3, -0.25) is 4.79 Å². The number of ether oxygens (including phenoxy) is 2. The van der Waals surface area contributed by atoms with Crippen molar-refractivity contribution < 1.29 is 14.3 Å². The van der Waals surface area contributed by atoms with E-state index >= 15 is 0 Å². The molecule has 0 N–H and O–H groups in total. The first kappa shape index (κ1) is 24.1.